The zero-order valence-corrected chi connectivity index (χ0v) is 13.7. The van der Waals surface area contributed by atoms with Gasteiger partial charge in [-0.1, -0.05) is 18.2 Å². The fraction of sp³-hybridized carbons (Fsp3) is 0.235. The molecule has 0 aliphatic rings. The van der Waals surface area contributed by atoms with Crippen LogP contribution in [0.5, 0.6) is 0 Å². The highest BCUT2D eigenvalue weighted by molar-refractivity contribution is 7.98. The molecule has 0 bridgehead atoms. The molecule has 0 aliphatic heterocycles. The van der Waals surface area contributed by atoms with Gasteiger partial charge in [-0.25, -0.2) is 9.97 Å². The fourth-order valence-electron chi connectivity index (χ4n) is 2.39. The summed E-state index contributed by atoms with van der Waals surface area (Å²) in [7, 11) is 0. The SMILES string of the molecule is CSCCC(=O)NCc1cccnc1-n1cnc2ccccc21. The van der Waals surface area contributed by atoms with Crippen LogP contribution in [0.25, 0.3) is 16.9 Å². The first-order chi connectivity index (χ1) is 11.3. The number of pyridine rings is 1. The van der Waals surface area contributed by atoms with E-state index < -0.39 is 0 Å². The van der Waals surface area contributed by atoms with Crippen molar-refractivity contribution in [3.63, 3.8) is 0 Å². The van der Waals surface area contributed by atoms with Crippen LogP contribution in [-0.4, -0.2) is 32.5 Å². The van der Waals surface area contributed by atoms with E-state index in [1.165, 1.54) is 0 Å². The Hall–Kier alpha value is -2.34. The highest BCUT2D eigenvalue weighted by Crippen LogP contribution is 2.19. The number of imidazole rings is 1. The number of para-hydroxylation sites is 2. The topological polar surface area (TPSA) is 59.8 Å². The standard InChI is InChI=1S/C17H18N4OS/c1-23-10-8-16(22)19-11-13-5-4-9-18-17(13)21-12-20-14-6-2-3-7-15(14)21/h2-7,9,12H,8,10-11H2,1H3,(H,19,22). The van der Waals surface area contributed by atoms with Crippen molar-refractivity contribution >= 4 is 28.7 Å². The number of nitrogens with one attached hydrogen (secondary N) is 1. The summed E-state index contributed by atoms with van der Waals surface area (Å²) in [6.07, 6.45) is 6.05. The summed E-state index contributed by atoms with van der Waals surface area (Å²) in [6, 6.07) is 11.8. The molecule has 0 aliphatic carbocycles. The molecule has 0 saturated heterocycles. The number of rotatable bonds is 6. The number of carbonyl (C=O) groups is 1. The molecule has 23 heavy (non-hydrogen) atoms. The molecule has 0 unspecified atom stereocenters. The van der Waals surface area contributed by atoms with E-state index in [4.69, 9.17) is 0 Å². The van der Waals surface area contributed by atoms with E-state index in [1.807, 2.05) is 47.2 Å². The Morgan fingerprint density at radius 2 is 2.09 bits per heavy atom. The molecule has 5 nitrogen and oxygen atoms in total. The van der Waals surface area contributed by atoms with Crippen LogP contribution in [0.3, 0.4) is 0 Å². The predicted molar refractivity (Wildman–Crippen MR) is 93.7 cm³/mol. The first kappa shape index (κ1) is 15.6. The van der Waals surface area contributed by atoms with E-state index >= 15 is 0 Å². The molecule has 1 amide bonds. The van der Waals surface area contributed by atoms with Gasteiger partial charge < -0.3 is 5.32 Å². The quantitative estimate of drug-likeness (QED) is 0.757. The van der Waals surface area contributed by atoms with Crippen LogP contribution in [0.1, 0.15) is 12.0 Å². The van der Waals surface area contributed by atoms with E-state index in [-0.39, 0.29) is 5.91 Å². The van der Waals surface area contributed by atoms with Gasteiger partial charge in [0, 0.05) is 30.5 Å². The molecule has 3 rings (SSSR count). The van der Waals surface area contributed by atoms with Gasteiger partial charge in [-0.05, 0) is 24.5 Å². The van der Waals surface area contributed by atoms with Gasteiger partial charge in [-0.15, -0.1) is 0 Å². The molecule has 0 spiro atoms. The highest BCUT2D eigenvalue weighted by Gasteiger charge is 2.10. The minimum atomic E-state index is 0.0599. The molecular formula is C17H18N4OS. The van der Waals surface area contributed by atoms with Gasteiger partial charge in [-0.3, -0.25) is 9.36 Å². The first-order valence-electron chi connectivity index (χ1n) is 7.41. The number of hydrogen-bond acceptors (Lipinski definition) is 4. The van der Waals surface area contributed by atoms with E-state index in [2.05, 4.69) is 15.3 Å². The number of carbonyl (C=O) groups excluding carboxylic acids is 1. The summed E-state index contributed by atoms with van der Waals surface area (Å²) in [5, 5.41) is 2.96. The number of amides is 1. The van der Waals surface area contributed by atoms with Crippen molar-refractivity contribution in [1.29, 1.82) is 0 Å². The van der Waals surface area contributed by atoms with Gasteiger partial charge in [0.15, 0.2) is 0 Å². The number of benzene rings is 1. The second kappa shape index (κ2) is 7.28. The van der Waals surface area contributed by atoms with Gasteiger partial charge >= 0.3 is 0 Å². The van der Waals surface area contributed by atoms with Crippen LogP contribution in [0.15, 0.2) is 48.9 Å². The molecule has 0 radical (unpaired) electrons. The average Bonchev–Trinajstić information content (AvgIpc) is 3.02. The Morgan fingerprint density at radius 3 is 2.96 bits per heavy atom. The van der Waals surface area contributed by atoms with Crippen molar-refractivity contribution in [3.05, 3.63) is 54.5 Å². The smallest absolute Gasteiger partial charge is 0.221 e. The van der Waals surface area contributed by atoms with Crippen LogP contribution in [0, 0.1) is 0 Å². The van der Waals surface area contributed by atoms with E-state index in [0.717, 1.165) is 28.2 Å². The van der Waals surface area contributed by atoms with Crippen molar-refractivity contribution in [2.45, 2.75) is 13.0 Å². The predicted octanol–water partition coefficient (Wildman–Crippen LogP) is 2.79. The zero-order chi connectivity index (χ0) is 16.1. The monoisotopic (exact) mass is 326 g/mol. The second-order valence-corrected chi connectivity index (χ2v) is 6.09. The number of fused-ring (bicyclic) bond motifs is 1. The third-order valence-corrected chi connectivity index (χ3v) is 4.17. The Bertz CT molecular complexity index is 815. The third-order valence-electron chi connectivity index (χ3n) is 3.56. The minimum absolute atomic E-state index is 0.0599. The van der Waals surface area contributed by atoms with Crippen LogP contribution >= 0.6 is 11.8 Å². The Balaban J connectivity index is 1.85. The second-order valence-electron chi connectivity index (χ2n) is 5.11. The summed E-state index contributed by atoms with van der Waals surface area (Å²) in [5.74, 6) is 1.69. The summed E-state index contributed by atoms with van der Waals surface area (Å²) in [5.41, 5.74) is 2.89. The van der Waals surface area contributed by atoms with E-state index in [0.29, 0.717) is 13.0 Å². The molecule has 6 heteroatoms. The number of aromatic nitrogens is 3. The van der Waals surface area contributed by atoms with Crippen molar-refractivity contribution < 1.29 is 4.79 Å². The molecule has 118 valence electrons. The largest absolute Gasteiger partial charge is 0.352 e. The van der Waals surface area contributed by atoms with Gasteiger partial charge in [0.2, 0.25) is 5.91 Å². The maximum absolute atomic E-state index is 11.8. The molecule has 1 aromatic carbocycles. The lowest BCUT2D eigenvalue weighted by Crippen LogP contribution is -2.24. The molecule has 3 aromatic rings. The summed E-state index contributed by atoms with van der Waals surface area (Å²) in [6.45, 7) is 0.461. The maximum atomic E-state index is 11.8. The molecule has 0 atom stereocenters. The van der Waals surface area contributed by atoms with Crippen molar-refractivity contribution in [2.24, 2.45) is 0 Å². The van der Waals surface area contributed by atoms with Crippen molar-refractivity contribution in [2.75, 3.05) is 12.0 Å². The number of thioether (sulfide) groups is 1. The lowest BCUT2D eigenvalue weighted by atomic mass is 10.2. The average molecular weight is 326 g/mol. The zero-order valence-electron chi connectivity index (χ0n) is 12.9. The summed E-state index contributed by atoms with van der Waals surface area (Å²) >= 11 is 1.67. The van der Waals surface area contributed by atoms with Gasteiger partial charge in [0.05, 0.1) is 11.0 Å². The first-order valence-corrected chi connectivity index (χ1v) is 8.81. The lowest BCUT2D eigenvalue weighted by Gasteiger charge is -2.11. The fourth-order valence-corrected chi connectivity index (χ4v) is 2.78. The normalized spacial score (nSPS) is 10.8. The number of nitrogens with zero attached hydrogens (tertiary/aromatic N) is 3. The molecular weight excluding hydrogens is 308 g/mol. The Labute approximate surface area is 139 Å². The Kier molecular flexibility index (Phi) is 4.92. The molecule has 2 heterocycles. The van der Waals surface area contributed by atoms with Crippen LogP contribution in [0.2, 0.25) is 0 Å². The molecule has 2 aromatic heterocycles. The third kappa shape index (κ3) is 3.53. The molecule has 1 N–H and O–H groups in total. The minimum Gasteiger partial charge on any atom is -0.352 e. The van der Waals surface area contributed by atoms with Crippen LogP contribution in [0.4, 0.5) is 0 Å². The van der Waals surface area contributed by atoms with Gasteiger partial charge in [0.25, 0.3) is 0 Å². The Morgan fingerprint density at radius 1 is 1.22 bits per heavy atom. The molecule has 0 fully saturated rings. The van der Waals surface area contributed by atoms with E-state index in [9.17, 15) is 4.79 Å². The van der Waals surface area contributed by atoms with Gasteiger partial charge in [-0.2, -0.15) is 11.8 Å². The molecule has 0 saturated carbocycles. The summed E-state index contributed by atoms with van der Waals surface area (Å²) < 4.78 is 1.96. The number of hydrogen-bond donors (Lipinski definition) is 1. The van der Waals surface area contributed by atoms with Crippen LogP contribution in [-0.2, 0) is 11.3 Å². The van der Waals surface area contributed by atoms with Crippen LogP contribution < -0.4 is 5.32 Å². The highest BCUT2D eigenvalue weighted by atomic mass is 32.2. The van der Waals surface area contributed by atoms with Gasteiger partial charge in [0.1, 0.15) is 12.1 Å². The van der Waals surface area contributed by atoms with Crippen molar-refractivity contribution in [3.8, 4) is 5.82 Å². The maximum Gasteiger partial charge on any atom is 0.221 e. The van der Waals surface area contributed by atoms with Crippen molar-refractivity contribution in [1.82, 2.24) is 19.9 Å². The summed E-state index contributed by atoms with van der Waals surface area (Å²) in [4.78, 5) is 20.7. The lowest BCUT2D eigenvalue weighted by molar-refractivity contribution is -0.120. The van der Waals surface area contributed by atoms with E-state index in [1.54, 1.807) is 24.3 Å².